The van der Waals surface area contributed by atoms with Crippen molar-refractivity contribution in [2.75, 3.05) is 7.11 Å². The van der Waals surface area contributed by atoms with Crippen LogP contribution in [0, 0.1) is 0 Å². The Labute approximate surface area is 74.7 Å². The van der Waals surface area contributed by atoms with E-state index >= 15 is 0 Å². The lowest BCUT2D eigenvalue weighted by atomic mass is 10.2. The van der Waals surface area contributed by atoms with E-state index in [0.717, 1.165) is 12.8 Å². The van der Waals surface area contributed by atoms with E-state index in [-0.39, 0.29) is 11.4 Å². The quantitative estimate of drug-likeness (QED) is 0.731. The van der Waals surface area contributed by atoms with Crippen molar-refractivity contribution in [1.29, 1.82) is 0 Å². The van der Waals surface area contributed by atoms with Crippen LogP contribution in [0.25, 0.3) is 0 Å². The number of hydrogen-bond donors (Lipinski definition) is 2. The van der Waals surface area contributed by atoms with Gasteiger partial charge in [0.15, 0.2) is 0 Å². The van der Waals surface area contributed by atoms with Gasteiger partial charge in [0.25, 0.3) is 0 Å². The highest BCUT2D eigenvalue weighted by Gasteiger charge is 2.33. The van der Waals surface area contributed by atoms with Crippen molar-refractivity contribution >= 4 is 5.97 Å². The second kappa shape index (κ2) is 2.76. The molecule has 13 heavy (non-hydrogen) atoms. The number of aromatic carboxylic acids is 1. The maximum atomic E-state index is 10.9. The lowest BCUT2D eigenvalue weighted by molar-refractivity contribution is 0.0692. The van der Waals surface area contributed by atoms with Gasteiger partial charge in [-0.05, 0) is 12.8 Å². The maximum Gasteiger partial charge on any atom is 0.343 e. The second-order valence-corrected chi connectivity index (χ2v) is 3.10. The van der Waals surface area contributed by atoms with Gasteiger partial charge in [-0.25, -0.2) is 9.89 Å². The molecular weight excluding hydrogens is 172 g/mol. The van der Waals surface area contributed by atoms with Gasteiger partial charge in [0, 0.05) is 5.92 Å². The topological polar surface area (TPSA) is 75.2 Å². The van der Waals surface area contributed by atoms with Gasteiger partial charge >= 0.3 is 5.97 Å². The summed E-state index contributed by atoms with van der Waals surface area (Å²) in [5.41, 5.74) is 0.814. The normalized spacial score (nSPS) is 15.8. The molecule has 1 saturated carbocycles. The molecule has 1 aliphatic rings. The Bertz CT molecular complexity index is 341. The number of nitrogens with zero attached hydrogens (tertiary/aromatic N) is 1. The summed E-state index contributed by atoms with van der Waals surface area (Å²) in [5, 5.41) is 15.4. The number of nitrogens with one attached hydrogen (secondary N) is 1. The minimum atomic E-state index is -0.979. The van der Waals surface area contributed by atoms with Crippen LogP contribution in [-0.2, 0) is 0 Å². The summed E-state index contributed by atoms with van der Waals surface area (Å²) in [6.45, 7) is 0. The number of aromatic nitrogens is 2. The number of methoxy groups -OCH3 is 1. The molecule has 70 valence electrons. The zero-order chi connectivity index (χ0) is 9.42. The third-order valence-corrected chi connectivity index (χ3v) is 2.14. The molecule has 5 heteroatoms. The standard InChI is InChI=1S/C8H10N2O3/c1-13-7-5(8(11)12)6(9-10-7)4-2-3-4/h4H,2-3H2,1H3,(H,9,10)(H,11,12). The summed E-state index contributed by atoms with van der Waals surface area (Å²) < 4.78 is 4.87. The third kappa shape index (κ3) is 1.26. The van der Waals surface area contributed by atoms with Crippen LogP contribution in [0.3, 0.4) is 0 Å². The van der Waals surface area contributed by atoms with Gasteiger partial charge in [-0.1, -0.05) is 0 Å². The number of H-pyrrole nitrogens is 1. The van der Waals surface area contributed by atoms with Crippen molar-refractivity contribution < 1.29 is 14.6 Å². The Hall–Kier alpha value is -1.52. The van der Waals surface area contributed by atoms with Crippen LogP contribution in [0.2, 0.25) is 0 Å². The molecule has 0 bridgehead atoms. The minimum Gasteiger partial charge on any atom is -0.481 e. The van der Waals surface area contributed by atoms with Crippen molar-refractivity contribution in [3.8, 4) is 5.88 Å². The van der Waals surface area contributed by atoms with Crippen molar-refractivity contribution in [3.63, 3.8) is 0 Å². The molecule has 0 radical (unpaired) electrons. The minimum absolute atomic E-state index is 0.185. The Kier molecular flexibility index (Phi) is 1.72. The zero-order valence-electron chi connectivity index (χ0n) is 7.20. The van der Waals surface area contributed by atoms with Gasteiger partial charge in [-0.2, -0.15) is 5.10 Å². The molecule has 5 nitrogen and oxygen atoms in total. The fraction of sp³-hybridized carbons (Fsp3) is 0.500. The van der Waals surface area contributed by atoms with E-state index in [1.165, 1.54) is 7.11 Å². The molecule has 0 atom stereocenters. The van der Waals surface area contributed by atoms with E-state index in [1.54, 1.807) is 0 Å². The van der Waals surface area contributed by atoms with Crippen LogP contribution >= 0.6 is 0 Å². The van der Waals surface area contributed by atoms with Gasteiger partial charge < -0.3 is 9.84 Å². The molecule has 2 N–H and O–H groups in total. The van der Waals surface area contributed by atoms with Crippen molar-refractivity contribution in [2.45, 2.75) is 18.8 Å². The highest BCUT2D eigenvalue weighted by atomic mass is 16.5. The fourth-order valence-corrected chi connectivity index (χ4v) is 1.35. The number of carboxylic acid groups (broad SMARTS) is 1. The summed E-state index contributed by atoms with van der Waals surface area (Å²) >= 11 is 0. The molecule has 1 fully saturated rings. The monoisotopic (exact) mass is 182 g/mol. The SMILES string of the molecule is COc1[nH]nc(C2CC2)c1C(=O)O. The molecular formula is C8H10N2O3. The van der Waals surface area contributed by atoms with E-state index in [4.69, 9.17) is 9.84 Å². The number of rotatable bonds is 3. The molecule has 0 aromatic carbocycles. The van der Waals surface area contributed by atoms with Crippen molar-refractivity contribution in [3.05, 3.63) is 11.3 Å². The molecule has 0 saturated heterocycles. The smallest absolute Gasteiger partial charge is 0.343 e. The van der Waals surface area contributed by atoms with Crippen LogP contribution in [0.1, 0.15) is 34.8 Å². The molecule has 0 spiro atoms. The summed E-state index contributed by atoms with van der Waals surface area (Å²) in [7, 11) is 1.43. The van der Waals surface area contributed by atoms with E-state index in [2.05, 4.69) is 10.2 Å². The highest BCUT2D eigenvalue weighted by molar-refractivity contribution is 5.91. The van der Waals surface area contributed by atoms with Crippen LogP contribution in [-0.4, -0.2) is 28.4 Å². The van der Waals surface area contributed by atoms with Crippen LogP contribution < -0.4 is 4.74 Å². The lowest BCUT2D eigenvalue weighted by Crippen LogP contribution is -2.01. The van der Waals surface area contributed by atoms with Crippen molar-refractivity contribution in [1.82, 2.24) is 10.2 Å². The molecule has 0 unspecified atom stereocenters. The van der Waals surface area contributed by atoms with E-state index in [1.807, 2.05) is 0 Å². The zero-order valence-corrected chi connectivity index (χ0v) is 7.20. The van der Waals surface area contributed by atoms with Gasteiger partial charge in [0.05, 0.1) is 12.8 Å². The summed E-state index contributed by atoms with van der Waals surface area (Å²) in [6, 6.07) is 0. The summed E-state index contributed by atoms with van der Waals surface area (Å²) in [6.07, 6.45) is 2.04. The van der Waals surface area contributed by atoms with Gasteiger partial charge in [0.2, 0.25) is 5.88 Å². The Morgan fingerprint density at radius 2 is 2.38 bits per heavy atom. The molecule has 1 heterocycles. The second-order valence-electron chi connectivity index (χ2n) is 3.10. The van der Waals surface area contributed by atoms with Gasteiger partial charge in [-0.3, -0.25) is 0 Å². The average molecular weight is 182 g/mol. The fourth-order valence-electron chi connectivity index (χ4n) is 1.35. The van der Waals surface area contributed by atoms with Crippen LogP contribution in [0.5, 0.6) is 5.88 Å². The number of ether oxygens (including phenoxy) is 1. The lowest BCUT2D eigenvalue weighted by Gasteiger charge is -1.97. The predicted octanol–water partition coefficient (Wildman–Crippen LogP) is 0.994. The average Bonchev–Trinajstić information content (AvgIpc) is 2.84. The first-order valence-electron chi connectivity index (χ1n) is 4.09. The summed E-state index contributed by atoms with van der Waals surface area (Å²) in [5.74, 6) is -0.423. The molecule has 0 aliphatic heterocycles. The van der Waals surface area contributed by atoms with Gasteiger partial charge in [0.1, 0.15) is 5.56 Å². The van der Waals surface area contributed by atoms with Crippen LogP contribution in [0.15, 0.2) is 0 Å². The van der Waals surface area contributed by atoms with Crippen LogP contribution in [0.4, 0.5) is 0 Å². The first kappa shape index (κ1) is 8.10. The Morgan fingerprint density at radius 3 is 2.85 bits per heavy atom. The number of carbonyl (C=O) groups is 1. The highest BCUT2D eigenvalue weighted by Crippen LogP contribution is 2.42. The first-order chi connectivity index (χ1) is 6.24. The maximum absolute atomic E-state index is 10.9. The van der Waals surface area contributed by atoms with E-state index in [0.29, 0.717) is 11.6 Å². The third-order valence-electron chi connectivity index (χ3n) is 2.14. The first-order valence-corrected chi connectivity index (χ1v) is 4.09. The molecule has 1 aliphatic carbocycles. The van der Waals surface area contributed by atoms with E-state index in [9.17, 15) is 4.79 Å². The molecule has 1 aromatic rings. The predicted molar refractivity (Wildman–Crippen MR) is 44.1 cm³/mol. The molecule has 0 amide bonds. The summed E-state index contributed by atoms with van der Waals surface area (Å²) in [4.78, 5) is 10.9. The van der Waals surface area contributed by atoms with Crippen molar-refractivity contribution in [2.24, 2.45) is 0 Å². The van der Waals surface area contributed by atoms with E-state index < -0.39 is 5.97 Å². The Morgan fingerprint density at radius 1 is 1.69 bits per heavy atom. The number of hydrogen-bond acceptors (Lipinski definition) is 3. The number of carboxylic acids is 1. The molecule has 2 rings (SSSR count). The van der Waals surface area contributed by atoms with Gasteiger partial charge in [-0.15, -0.1) is 0 Å². The number of aromatic amines is 1. The largest absolute Gasteiger partial charge is 0.481 e. The Balaban J connectivity index is 2.44. The molecule has 1 aromatic heterocycles.